The van der Waals surface area contributed by atoms with Gasteiger partial charge in [0.1, 0.15) is 5.92 Å². The number of carbonyl (C=O) groups is 2. The van der Waals surface area contributed by atoms with Gasteiger partial charge in [-0.1, -0.05) is 34.8 Å². The standard InChI is InChI=1S/C8H3Cl4NO2/c9-2-1-8(12)3(5(11)4(2)10)6(14)13-7(8)15/h1,3H,(H,13,14,15). The maximum atomic E-state index is 11.4. The van der Waals surface area contributed by atoms with Crippen molar-refractivity contribution in [2.24, 2.45) is 5.92 Å². The van der Waals surface area contributed by atoms with E-state index in [0.29, 0.717) is 0 Å². The van der Waals surface area contributed by atoms with Crippen LogP contribution < -0.4 is 5.32 Å². The molecular formula is C8H3Cl4NO2. The van der Waals surface area contributed by atoms with E-state index in [2.05, 4.69) is 5.32 Å². The second kappa shape index (κ2) is 3.39. The average Bonchev–Trinajstić information content (AvgIpc) is 2.34. The first kappa shape index (κ1) is 11.3. The first-order valence-corrected chi connectivity index (χ1v) is 5.37. The third-order valence-corrected chi connectivity index (χ3v) is 4.08. The summed E-state index contributed by atoms with van der Waals surface area (Å²) >= 11 is 23.3. The molecule has 2 rings (SSSR count). The Morgan fingerprint density at radius 2 is 1.87 bits per heavy atom. The van der Waals surface area contributed by atoms with Crippen LogP contribution in [0.5, 0.6) is 0 Å². The highest BCUT2D eigenvalue weighted by molar-refractivity contribution is 6.52. The lowest BCUT2D eigenvalue weighted by Crippen LogP contribution is -2.37. The third-order valence-electron chi connectivity index (χ3n) is 2.28. The summed E-state index contributed by atoms with van der Waals surface area (Å²) in [6.07, 6.45) is 1.23. The fourth-order valence-corrected chi connectivity index (χ4v) is 2.87. The van der Waals surface area contributed by atoms with Gasteiger partial charge in [0.25, 0.3) is 5.91 Å². The van der Waals surface area contributed by atoms with Crippen LogP contribution in [-0.4, -0.2) is 16.7 Å². The van der Waals surface area contributed by atoms with Crippen LogP contribution in [0.25, 0.3) is 0 Å². The quantitative estimate of drug-likeness (QED) is 0.547. The zero-order valence-corrected chi connectivity index (χ0v) is 10.0. The number of hydrogen-bond donors (Lipinski definition) is 1. The molecule has 1 saturated heterocycles. The normalized spacial score (nSPS) is 35.2. The number of halogens is 4. The number of hydrogen-bond acceptors (Lipinski definition) is 2. The van der Waals surface area contributed by atoms with Gasteiger partial charge in [-0.15, -0.1) is 11.6 Å². The predicted octanol–water partition coefficient (Wildman–Crippen LogP) is 2.06. The van der Waals surface area contributed by atoms with Crippen LogP contribution in [0.4, 0.5) is 0 Å². The van der Waals surface area contributed by atoms with E-state index in [9.17, 15) is 9.59 Å². The van der Waals surface area contributed by atoms with Gasteiger partial charge in [0, 0.05) is 0 Å². The summed E-state index contributed by atoms with van der Waals surface area (Å²) in [6.45, 7) is 0. The van der Waals surface area contributed by atoms with Crippen molar-refractivity contribution in [2.45, 2.75) is 4.87 Å². The van der Waals surface area contributed by atoms with Crippen LogP contribution in [0.3, 0.4) is 0 Å². The minimum absolute atomic E-state index is 0.0116. The van der Waals surface area contributed by atoms with Gasteiger partial charge >= 0.3 is 0 Å². The summed E-state index contributed by atoms with van der Waals surface area (Å²) in [5, 5.41) is 2.18. The Labute approximate surface area is 105 Å². The molecule has 0 saturated carbocycles. The van der Waals surface area contributed by atoms with Crippen LogP contribution in [0.1, 0.15) is 0 Å². The zero-order chi connectivity index (χ0) is 11.4. The van der Waals surface area contributed by atoms with Crippen molar-refractivity contribution < 1.29 is 9.59 Å². The molecule has 2 atom stereocenters. The Hall–Kier alpha value is -0.220. The first-order valence-electron chi connectivity index (χ1n) is 3.86. The Morgan fingerprint density at radius 3 is 2.47 bits per heavy atom. The highest BCUT2D eigenvalue weighted by atomic mass is 35.5. The van der Waals surface area contributed by atoms with Crippen molar-refractivity contribution in [1.29, 1.82) is 0 Å². The van der Waals surface area contributed by atoms with Crippen LogP contribution in [0.2, 0.25) is 0 Å². The summed E-state index contributed by atoms with van der Waals surface area (Å²) in [5.74, 6) is -2.21. The second-order valence-corrected chi connectivity index (χ2v) is 4.99. The highest BCUT2D eigenvalue weighted by Crippen LogP contribution is 2.47. The smallest absolute Gasteiger partial charge is 0.252 e. The van der Waals surface area contributed by atoms with Gasteiger partial charge in [-0.05, 0) is 6.08 Å². The Kier molecular flexibility index (Phi) is 2.54. The van der Waals surface area contributed by atoms with Crippen molar-refractivity contribution >= 4 is 58.2 Å². The molecule has 1 heterocycles. The summed E-state index contributed by atoms with van der Waals surface area (Å²) in [4.78, 5) is 21.3. The molecule has 2 amide bonds. The molecule has 2 unspecified atom stereocenters. The molecule has 15 heavy (non-hydrogen) atoms. The number of rotatable bonds is 0. The number of alkyl halides is 1. The van der Waals surface area contributed by atoms with E-state index in [1.165, 1.54) is 6.08 Å². The Morgan fingerprint density at radius 1 is 1.27 bits per heavy atom. The zero-order valence-electron chi connectivity index (χ0n) is 6.98. The topological polar surface area (TPSA) is 46.2 Å². The summed E-state index contributed by atoms with van der Waals surface area (Å²) in [5.41, 5.74) is 0. The fourth-order valence-electron chi connectivity index (χ4n) is 1.54. The molecule has 2 aliphatic rings. The van der Waals surface area contributed by atoms with Gasteiger partial charge in [0.15, 0.2) is 4.87 Å². The summed E-state index contributed by atoms with van der Waals surface area (Å²) < 4.78 is 0. The predicted molar refractivity (Wildman–Crippen MR) is 57.9 cm³/mol. The molecule has 0 aromatic heterocycles. The van der Waals surface area contributed by atoms with Crippen molar-refractivity contribution in [3.05, 3.63) is 21.2 Å². The largest absolute Gasteiger partial charge is 0.294 e. The lowest BCUT2D eigenvalue weighted by molar-refractivity contribution is -0.125. The SMILES string of the molecule is O=C1NC(=O)C2(Cl)C=C(Cl)C(Cl)=C(Cl)C12. The molecule has 1 fully saturated rings. The maximum absolute atomic E-state index is 11.4. The van der Waals surface area contributed by atoms with E-state index >= 15 is 0 Å². The highest BCUT2D eigenvalue weighted by Gasteiger charge is 2.57. The van der Waals surface area contributed by atoms with E-state index in [4.69, 9.17) is 46.4 Å². The number of nitrogens with one attached hydrogen (secondary N) is 1. The van der Waals surface area contributed by atoms with Crippen LogP contribution in [-0.2, 0) is 9.59 Å². The van der Waals surface area contributed by atoms with E-state index in [1.807, 2.05) is 0 Å². The molecule has 0 bridgehead atoms. The molecule has 0 aromatic rings. The number of carbonyl (C=O) groups excluding carboxylic acids is 2. The van der Waals surface area contributed by atoms with Crippen molar-refractivity contribution in [1.82, 2.24) is 5.32 Å². The van der Waals surface area contributed by atoms with E-state index < -0.39 is 22.6 Å². The minimum atomic E-state index is -1.55. The summed E-state index contributed by atoms with van der Waals surface area (Å²) in [7, 11) is 0. The molecule has 1 N–H and O–H groups in total. The number of fused-ring (bicyclic) bond motifs is 1. The Balaban J connectivity index is 2.63. The minimum Gasteiger partial charge on any atom is -0.294 e. The third kappa shape index (κ3) is 1.41. The van der Waals surface area contributed by atoms with Gasteiger partial charge < -0.3 is 0 Å². The van der Waals surface area contributed by atoms with Gasteiger partial charge in [0.2, 0.25) is 5.91 Å². The first-order chi connectivity index (χ1) is 6.88. The molecule has 80 valence electrons. The molecule has 3 nitrogen and oxygen atoms in total. The lowest BCUT2D eigenvalue weighted by Gasteiger charge is -2.25. The molecule has 0 spiro atoms. The number of imide groups is 1. The van der Waals surface area contributed by atoms with Gasteiger partial charge in [-0.2, -0.15) is 0 Å². The van der Waals surface area contributed by atoms with E-state index in [1.54, 1.807) is 0 Å². The number of amides is 2. The van der Waals surface area contributed by atoms with Gasteiger partial charge in [-0.3, -0.25) is 14.9 Å². The van der Waals surface area contributed by atoms with Crippen LogP contribution >= 0.6 is 46.4 Å². The summed E-state index contributed by atoms with van der Waals surface area (Å²) in [6, 6.07) is 0. The van der Waals surface area contributed by atoms with E-state index in [0.717, 1.165) is 0 Å². The lowest BCUT2D eigenvalue weighted by atomic mass is 9.89. The molecule has 0 radical (unpaired) electrons. The molecule has 1 aliphatic heterocycles. The molecule has 0 aromatic carbocycles. The van der Waals surface area contributed by atoms with Crippen molar-refractivity contribution in [2.75, 3.05) is 0 Å². The van der Waals surface area contributed by atoms with Crippen LogP contribution in [0.15, 0.2) is 21.2 Å². The maximum Gasteiger partial charge on any atom is 0.252 e. The molecule has 7 heteroatoms. The van der Waals surface area contributed by atoms with Crippen LogP contribution in [0, 0.1) is 5.92 Å². The van der Waals surface area contributed by atoms with E-state index in [-0.39, 0.29) is 15.1 Å². The van der Waals surface area contributed by atoms with Gasteiger partial charge in [0.05, 0.1) is 15.1 Å². The monoisotopic (exact) mass is 285 g/mol. The second-order valence-electron chi connectivity index (χ2n) is 3.17. The Bertz CT molecular complexity index is 442. The van der Waals surface area contributed by atoms with Crippen molar-refractivity contribution in [3.8, 4) is 0 Å². The number of allylic oxidation sites excluding steroid dienone is 2. The average molecular weight is 287 g/mol. The van der Waals surface area contributed by atoms with Crippen molar-refractivity contribution in [3.63, 3.8) is 0 Å². The van der Waals surface area contributed by atoms with Gasteiger partial charge in [-0.25, -0.2) is 0 Å². The molecule has 1 aliphatic carbocycles. The fraction of sp³-hybridized carbons (Fsp3) is 0.250. The molecular weight excluding hydrogens is 284 g/mol.